The molecule has 0 fully saturated rings. The Morgan fingerprint density at radius 3 is 2.74 bits per heavy atom. The normalized spacial score (nSPS) is 12.9. The molecule has 0 aliphatic carbocycles. The zero-order valence-corrected chi connectivity index (χ0v) is 13.3. The molecule has 5 heteroatoms. The summed E-state index contributed by atoms with van der Waals surface area (Å²) in [5, 5.41) is 14.6. The Bertz CT molecular complexity index is 539. The van der Waals surface area contributed by atoms with E-state index >= 15 is 0 Å². The molecule has 0 spiro atoms. The number of halogens is 1. The average molecular weight is 371 g/mol. The summed E-state index contributed by atoms with van der Waals surface area (Å²) in [5.41, 5.74) is 0.946. The van der Waals surface area contributed by atoms with Gasteiger partial charge in [0.2, 0.25) is 0 Å². The molecule has 1 atom stereocenters. The minimum Gasteiger partial charge on any atom is -0.388 e. The number of benzene rings is 1. The molecule has 0 saturated heterocycles. The molecule has 1 heterocycles. The van der Waals surface area contributed by atoms with Gasteiger partial charge >= 0.3 is 0 Å². The second-order valence-corrected chi connectivity index (χ2v) is 6.16. The summed E-state index contributed by atoms with van der Waals surface area (Å²) in [6, 6.07) is 7.87. The first kappa shape index (κ1) is 14.5. The van der Waals surface area contributed by atoms with Gasteiger partial charge in [-0.2, -0.15) is 5.10 Å². The van der Waals surface area contributed by atoms with Crippen molar-refractivity contribution in [2.45, 2.75) is 32.9 Å². The molecule has 19 heavy (non-hydrogen) atoms. The number of nitrogens with zero attached hydrogens (tertiary/aromatic N) is 3. The van der Waals surface area contributed by atoms with Gasteiger partial charge in [-0.15, -0.1) is 0 Å². The molecule has 2 rings (SSSR count). The molecule has 0 saturated carbocycles. The van der Waals surface area contributed by atoms with E-state index in [1.165, 1.54) is 0 Å². The van der Waals surface area contributed by atoms with Crippen LogP contribution in [0.3, 0.4) is 0 Å². The van der Waals surface area contributed by atoms with E-state index in [-0.39, 0.29) is 0 Å². The molecule has 4 nitrogen and oxygen atoms in total. The van der Waals surface area contributed by atoms with Crippen molar-refractivity contribution < 1.29 is 5.11 Å². The topological polar surface area (TPSA) is 50.9 Å². The van der Waals surface area contributed by atoms with Gasteiger partial charge in [0.1, 0.15) is 12.2 Å². The van der Waals surface area contributed by atoms with Gasteiger partial charge in [0, 0.05) is 16.5 Å². The number of aliphatic hydroxyl groups is 1. The first-order valence-corrected chi connectivity index (χ1v) is 7.45. The van der Waals surface area contributed by atoms with Crippen LogP contribution >= 0.6 is 22.6 Å². The fraction of sp³-hybridized carbons (Fsp3) is 0.429. The highest BCUT2D eigenvalue weighted by Crippen LogP contribution is 2.22. The van der Waals surface area contributed by atoms with Crippen molar-refractivity contribution in [2.24, 2.45) is 5.92 Å². The highest BCUT2D eigenvalue weighted by atomic mass is 127. The second-order valence-electron chi connectivity index (χ2n) is 4.99. The van der Waals surface area contributed by atoms with Gasteiger partial charge in [-0.05, 0) is 40.1 Å². The van der Waals surface area contributed by atoms with Crippen LogP contribution in [-0.2, 0) is 13.0 Å². The molecule has 1 unspecified atom stereocenters. The number of aliphatic hydroxyl groups excluding tert-OH is 1. The smallest absolute Gasteiger partial charge is 0.138 e. The Balaban J connectivity index is 2.13. The number of hydrogen-bond acceptors (Lipinski definition) is 3. The SMILES string of the molecule is CC(C)Cn1ncnc1CC(O)c1ccccc1I. The molecule has 0 bridgehead atoms. The third-order valence-electron chi connectivity index (χ3n) is 2.87. The zero-order chi connectivity index (χ0) is 13.8. The Kier molecular flexibility index (Phi) is 4.93. The van der Waals surface area contributed by atoms with Gasteiger partial charge in [-0.25, -0.2) is 9.67 Å². The van der Waals surface area contributed by atoms with Crippen molar-refractivity contribution in [3.05, 3.63) is 45.6 Å². The molecule has 0 amide bonds. The average Bonchev–Trinajstić information content (AvgIpc) is 2.76. The highest BCUT2D eigenvalue weighted by molar-refractivity contribution is 14.1. The van der Waals surface area contributed by atoms with E-state index < -0.39 is 6.10 Å². The van der Waals surface area contributed by atoms with Crippen LogP contribution in [0.4, 0.5) is 0 Å². The lowest BCUT2D eigenvalue weighted by Crippen LogP contribution is -2.13. The van der Waals surface area contributed by atoms with Crippen molar-refractivity contribution in [3.63, 3.8) is 0 Å². The summed E-state index contributed by atoms with van der Waals surface area (Å²) >= 11 is 2.24. The molecule has 1 N–H and O–H groups in total. The third-order valence-corrected chi connectivity index (χ3v) is 3.86. The van der Waals surface area contributed by atoms with E-state index in [9.17, 15) is 5.11 Å². The second kappa shape index (κ2) is 6.47. The molecule has 1 aromatic carbocycles. The molecule has 0 aliphatic rings. The maximum Gasteiger partial charge on any atom is 0.138 e. The largest absolute Gasteiger partial charge is 0.388 e. The minimum atomic E-state index is -0.539. The quantitative estimate of drug-likeness (QED) is 0.823. The summed E-state index contributed by atoms with van der Waals surface area (Å²) < 4.78 is 2.95. The maximum atomic E-state index is 10.3. The molecular formula is C14H18IN3O. The van der Waals surface area contributed by atoms with Gasteiger partial charge in [0.15, 0.2) is 0 Å². The van der Waals surface area contributed by atoms with Gasteiger partial charge in [0.05, 0.1) is 6.10 Å². The Morgan fingerprint density at radius 2 is 2.05 bits per heavy atom. The number of rotatable bonds is 5. The van der Waals surface area contributed by atoms with Crippen molar-refractivity contribution in [1.29, 1.82) is 0 Å². The fourth-order valence-corrected chi connectivity index (χ4v) is 2.72. The Hall–Kier alpha value is -0.950. The van der Waals surface area contributed by atoms with Crippen LogP contribution in [0.5, 0.6) is 0 Å². The van der Waals surface area contributed by atoms with E-state index in [0.717, 1.165) is 21.5 Å². The van der Waals surface area contributed by atoms with Crippen LogP contribution < -0.4 is 0 Å². The van der Waals surface area contributed by atoms with Crippen molar-refractivity contribution >= 4 is 22.6 Å². The first-order chi connectivity index (χ1) is 9.08. The molecule has 1 aromatic heterocycles. The molecule has 102 valence electrons. The van der Waals surface area contributed by atoms with Crippen LogP contribution in [-0.4, -0.2) is 19.9 Å². The predicted molar refractivity (Wildman–Crippen MR) is 82.7 cm³/mol. The zero-order valence-electron chi connectivity index (χ0n) is 11.1. The predicted octanol–water partition coefficient (Wildman–Crippen LogP) is 2.81. The number of aromatic nitrogens is 3. The van der Waals surface area contributed by atoms with E-state index in [2.05, 4.69) is 46.5 Å². The maximum absolute atomic E-state index is 10.3. The van der Waals surface area contributed by atoms with E-state index in [4.69, 9.17) is 0 Å². The summed E-state index contributed by atoms with van der Waals surface area (Å²) in [6.45, 7) is 5.11. The van der Waals surface area contributed by atoms with Crippen molar-refractivity contribution in [3.8, 4) is 0 Å². The van der Waals surface area contributed by atoms with Crippen LogP contribution in [0, 0.1) is 9.49 Å². The van der Waals surface area contributed by atoms with Gasteiger partial charge in [-0.1, -0.05) is 32.0 Å². The fourth-order valence-electron chi connectivity index (χ4n) is 1.97. The summed E-state index contributed by atoms with van der Waals surface area (Å²) in [4.78, 5) is 4.25. The van der Waals surface area contributed by atoms with Gasteiger partial charge < -0.3 is 5.11 Å². The first-order valence-electron chi connectivity index (χ1n) is 6.37. The molecule has 0 radical (unpaired) electrons. The van der Waals surface area contributed by atoms with Crippen LogP contribution in [0.2, 0.25) is 0 Å². The molecule has 0 aliphatic heterocycles. The molecular weight excluding hydrogens is 353 g/mol. The third kappa shape index (κ3) is 3.76. The Labute approximate surface area is 127 Å². The van der Waals surface area contributed by atoms with E-state index in [0.29, 0.717) is 12.3 Å². The summed E-state index contributed by atoms with van der Waals surface area (Å²) in [7, 11) is 0. The van der Waals surface area contributed by atoms with Crippen LogP contribution in [0.25, 0.3) is 0 Å². The molecule has 2 aromatic rings. The van der Waals surface area contributed by atoms with Crippen molar-refractivity contribution in [2.75, 3.05) is 0 Å². The summed E-state index contributed by atoms with van der Waals surface area (Å²) in [5.74, 6) is 1.34. The minimum absolute atomic E-state index is 0.493. The lowest BCUT2D eigenvalue weighted by Gasteiger charge is -2.14. The highest BCUT2D eigenvalue weighted by Gasteiger charge is 2.15. The summed E-state index contributed by atoms with van der Waals surface area (Å²) in [6.07, 6.45) is 1.51. The van der Waals surface area contributed by atoms with E-state index in [1.54, 1.807) is 6.33 Å². The van der Waals surface area contributed by atoms with Gasteiger partial charge in [-0.3, -0.25) is 0 Å². The lowest BCUT2D eigenvalue weighted by molar-refractivity contribution is 0.172. The van der Waals surface area contributed by atoms with Crippen LogP contribution in [0.15, 0.2) is 30.6 Å². The monoisotopic (exact) mass is 371 g/mol. The van der Waals surface area contributed by atoms with Gasteiger partial charge in [0.25, 0.3) is 0 Å². The van der Waals surface area contributed by atoms with Crippen LogP contribution in [0.1, 0.15) is 31.3 Å². The lowest BCUT2D eigenvalue weighted by atomic mass is 10.1. The standard InChI is InChI=1S/C14H18IN3O/c1-10(2)8-18-14(16-9-17-18)7-13(19)11-5-3-4-6-12(11)15/h3-6,9-10,13,19H,7-8H2,1-2H3. The number of hydrogen-bond donors (Lipinski definition) is 1. The van der Waals surface area contributed by atoms with Crippen molar-refractivity contribution in [1.82, 2.24) is 14.8 Å². The van der Waals surface area contributed by atoms with E-state index in [1.807, 2.05) is 28.9 Å². The Morgan fingerprint density at radius 1 is 1.32 bits per heavy atom.